The van der Waals surface area contributed by atoms with E-state index in [1.54, 1.807) is 13.2 Å². The van der Waals surface area contributed by atoms with E-state index in [0.717, 1.165) is 11.3 Å². The van der Waals surface area contributed by atoms with Gasteiger partial charge < -0.3 is 15.8 Å². The van der Waals surface area contributed by atoms with Gasteiger partial charge in [0.15, 0.2) is 0 Å². The van der Waals surface area contributed by atoms with E-state index in [2.05, 4.69) is 5.32 Å². The number of benzene rings is 2. The Morgan fingerprint density at radius 1 is 1.10 bits per heavy atom. The normalized spacial score (nSPS) is 11.2. The maximum Gasteiger partial charge on any atom is 0.238 e. The third-order valence-electron chi connectivity index (χ3n) is 2.98. The van der Waals surface area contributed by atoms with Gasteiger partial charge in [0.25, 0.3) is 0 Å². The van der Waals surface area contributed by atoms with Gasteiger partial charge in [-0.25, -0.2) is 13.6 Å². The molecule has 7 heteroatoms. The van der Waals surface area contributed by atoms with Gasteiger partial charge in [-0.3, -0.25) is 0 Å². The van der Waals surface area contributed by atoms with E-state index in [9.17, 15) is 8.42 Å². The molecule has 0 atom stereocenters. The van der Waals surface area contributed by atoms with Gasteiger partial charge >= 0.3 is 0 Å². The molecule has 0 saturated heterocycles. The maximum absolute atomic E-state index is 11.3. The third-order valence-corrected chi connectivity index (χ3v) is 3.89. The minimum Gasteiger partial charge on any atom is -0.495 e. The fourth-order valence-electron chi connectivity index (χ4n) is 1.90. The Morgan fingerprint density at radius 2 is 1.81 bits per heavy atom. The van der Waals surface area contributed by atoms with Crippen LogP contribution in [0.3, 0.4) is 0 Å². The first kappa shape index (κ1) is 15.1. The molecule has 0 aliphatic rings. The zero-order valence-corrected chi connectivity index (χ0v) is 12.6. The highest BCUT2D eigenvalue weighted by Crippen LogP contribution is 2.31. The summed E-state index contributed by atoms with van der Waals surface area (Å²) in [7, 11) is -2.19. The fraction of sp³-hybridized carbons (Fsp3) is 0.143. The summed E-state index contributed by atoms with van der Waals surface area (Å²) in [6.45, 7) is 1.96. The van der Waals surface area contributed by atoms with Crippen LogP contribution in [-0.4, -0.2) is 15.5 Å². The van der Waals surface area contributed by atoms with Crippen molar-refractivity contribution in [1.29, 1.82) is 0 Å². The molecule has 0 aliphatic carbocycles. The summed E-state index contributed by atoms with van der Waals surface area (Å²) in [6, 6.07) is 9.96. The van der Waals surface area contributed by atoms with Gasteiger partial charge in [-0.15, -0.1) is 0 Å². The Labute approximate surface area is 123 Å². The van der Waals surface area contributed by atoms with Crippen LogP contribution in [0.2, 0.25) is 0 Å². The highest BCUT2D eigenvalue weighted by Gasteiger charge is 2.11. The molecule has 0 fully saturated rings. The van der Waals surface area contributed by atoms with Crippen LogP contribution < -0.4 is 20.9 Å². The molecule has 2 aromatic carbocycles. The number of hydrogen-bond donors (Lipinski definition) is 3. The van der Waals surface area contributed by atoms with Crippen molar-refractivity contribution in [3.05, 3.63) is 42.0 Å². The maximum atomic E-state index is 11.3. The van der Waals surface area contributed by atoms with Crippen molar-refractivity contribution in [3.8, 4) is 5.75 Å². The molecule has 2 aromatic rings. The molecule has 112 valence electrons. The van der Waals surface area contributed by atoms with Gasteiger partial charge in [0.1, 0.15) is 5.75 Å². The number of sulfonamides is 1. The second kappa shape index (κ2) is 5.63. The molecule has 0 unspecified atom stereocenters. The minimum atomic E-state index is -3.77. The van der Waals surface area contributed by atoms with E-state index in [4.69, 9.17) is 15.6 Å². The number of rotatable bonds is 4. The van der Waals surface area contributed by atoms with Crippen LogP contribution >= 0.6 is 0 Å². The average Bonchev–Trinajstić information content (AvgIpc) is 2.40. The number of anilines is 3. The minimum absolute atomic E-state index is 0.0262. The molecule has 21 heavy (non-hydrogen) atoms. The number of nitrogens with one attached hydrogen (secondary N) is 1. The summed E-state index contributed by atoms with van der Waals surface area (Å²) in [6.07, 6.45) is 0. The Kier molecular flexibility index (Phi) is 4.06. The topological polar surface area (TPSA) is 107 Å². The molecule has 0 saturated carbocycles. The zero-order valence-electron chi connectivity index (χ0n) is 11.8. The summed E-state index contributed by atoms with van der Waals surface area (Å²) in [5.41, 5.74) is 8.53. The van der Waals surface area contributed by atoms with Crippen LogP contribution in [0.15, 0.2) is 41.3 Å². The van der Waals surface area contributed by atoms with Gasteiger partial charge in [-0.2, -0.15) is 0 Å². The second-order valence-corrected chi connectivity index (χ2v) is 6.18. The number of nitrogens with two attached hydrogens (primary N) is 2. The van der Waals surface area contributed by atoms with E-state index in [1.807, 2.05) is 25.1 Å². The first-order chi connectivity index (χ1) is 9.81. The standard InChI is InChI=1S/C14H17N3O3S/c1-9-3-6-14(20-2)13(7-9)17-12-5-4-10(8-11(12)15)21(16,18)19/h3-8,17H,15H2,1-2H3,(H2,16,18,19). The van der Waals surface area contributed by atoms with E-state index >= 15 is 0 Å². The van der Waals surface area contributed by atoms with Gasteiger partial charge in [0.05, 0.1) is 29.1 Å². The second-order valence-electron chi connectivity index (χ2n) is 4.62. The van der Waals surface area contributed by atoms with E-state index < -0.39 is 10.0 Å². The smallest absolute Gasteiger partial charge is 0.238 e. The lowest BCUT2D eigenvalue weighted by Crippen LogP contribution is -2.12. The number of aryl methyl sites for hydroxylation is 1. The molecular formula is C14H17N3O3S. The predicted molar refractivity (Wildman–Crippen MR) is 83.2 cm³/mol. The van der Waals surface area contributed by atoms with Crippen LogP contribution in [-0.2, 0) is 10.0 Å². The molecule has 2 rings (SSSR count). The van der Waals surface area contributed by atoms with Crippen LogP contribution in [0.1, 0.15) is 5.56 Å². The van der Waals surface area contributed by atoms with E-state index in [0.29, 0.717) is 11.4 Å². The van der Waals surface area contributed by atoms with Gasteiger partial charge in [-0.05, 0) is 42.8 Å². The number of methoxy groups -OCH3 is 1. The molecule has 0 bridgehead atoms. The number of hydrogen-bond acceptors (Lipinski definition) is 5. The average molecular weight is 307 g/mol. The number of ether oxygens (including phenoxy) is 1. The SMILES string of the molecule is COc1ccc(C)cc1Nc1ccc(S(N)(=O)=O)cc1N. The van der Waals surface area contributed by atoms with E-state index in [-0.39, 0.29) is 10.6 Å². The molecule has 0 aromatic heterocycles. The van der Waals surface area contributed by atoms with Crippen LogP contribution in [0.25, 0.3) is 0 Å². The summed E-state index contributed by atoms with van der Waals surface area (Å²) >= 11 is 0. The molecule has 0 aliphatic heterocycles. The number of primary sulfonamides is 1. The van der Waals surface area contributed by atoms with Gasteiger partial charge in [0, 0.05) is 0 Å². The molecule has 0 radical (unpaired) electrons. The van der Waals surface area contributed by atoms with Crippen molar-refractivity contribution in [2.45, 2.75) is 11.8 Å². The van der Waals surface area contributed by atoms with Crippen LogP contribution in [0.5, 0.6) is 5.75 Å². The first-order valence-corrected chi connectivity index (χ1v) is 7.70. The lowest BCUT2D eigenvalue weighted by Gasteiger charge is -2.14. The van der Waals surface area contributed by atoms with Crippen molar-refractivity contribution >= 4 is 27.1 Å². The van der Waals surface area contributed by atoms with Crippen molar-refractivity contribution in [3.63, 3.8) is 0 Å². The Hall–Kier alpha value is -2.25. The summed E-state index contributed by atoms with van der Waals surface area (Å²) < 4.78 is 27.8. The molecular weight excluding hydrogens is 290 g/mol. The monoisotopic (exact) mass is 307 g/mol. The Balaban J connectivity index is 2.39. The predicted octanol–water partition coefficient (Wildman–Crippen LogP) is 1.98. The molecule has 5 N–H and O–H groups in total. The summed E-state index contributed by atoms with van der Waals surface area (Å²) in [4.78, 5) is -0.0262. The van der Waals surface area contributed by atoms with Crippen LogP contribution in [0, 0.1) is 6.92 Å². The van der Waals surface area contributed by atoms with E-state index in [1.165, 1.54) is 12.1 Å². The van der Waals surface area contributed by atoms with Crippen molar-refractivity contribution in [2.75, 3.05) is 18.2 Å². The fourth-order valence-corrected chi connectivity index (χ4v) is 2.45. The Bertz CT molecular complexity index is 773. The molecule has 6 nitrogen and oxygen atoms in total. The molecule has 0 spiro atoms. The lowest BCUT2D eigenvalue weighted by atomic mass is 10.2. The zero-order chi connectivity index (χ0) is 15.6. The van der Waals surface area contributed by atoms with Crippen molar-refractivity contribution < 1.29 is 13.2 Å². The van der Waals surface area contributed by atoms with Gasteiger partial charge in [0.2, 0.25) is 10.0 Å². The Morgan fingerprint density at radius 3 is 2.38 bits per heavy atom. The summed E-state index contributed by atoms with van der Waals surface area (Å²) in [5.74, 6) is 0.663. The third kappa shape index (κ3) is 3.45. The highest BCUT2D eigenvalue weighted by molar-refractivity contribution is 7.89. The molecule has 0 heterocycles. The van der Waals surface area contributed by atoms with Crippen molar-refractivity contribution in [1.82, 2.24) is 0 Å². The molecule has 0 amide bonds. The van der Waals surface area contributed by atoms with Crippen molar-refractivity contribution in [2.24, 2.45) is 5.14 Å². The largest absolute Gasteiger partial charge is 0.495 e. The highest BCUT2D eigenvalue weighted by atomic mass is 32.2. The van der Waals surface area contributed by atoms with Crippen LogP contribution in [0.4, 0.5) is 17.1 Å². The quantitative estimate of drug-likeness (QED) is 0.749. The summed E-state index contributed by atoms with van der Waals surface area (Å²) in [5, 5.41) is 8.20. The number of nitrogen functional groups attached to an aromatic ring is 1. The lowest BCUT2D eigenvalue weighted by molar-refractivity contribution is 0.416. The first-order valence-electron chi connectivity index (χ1n) is 6.15. The van der Waals surface area contributed by atoms with Gasteiger partial charge in [-0.1, -0.05) is 6.07 Å².